The van der Waals surface area contributed by atoms with Crippen LogP contribution in [0, 0.1) is 6.92 Å². The molecule has 6 nitrogen and oxygen atoms in total. The number of aromatic nitrogens is 2. The number of anilines is 1. The molecule has 1 atom stereocenters. The minimum atomic E-state index is -1.10. The maximum absolute atomic E-state index is 10.9. The topological polar surface area (TPSA) is 115 Å². The van der Waals surface area contributed by atoms with Crippen LogP contribution in [0.4, 0.5) is 5.82 Å². The van der Waals surface area contributed by atoms with Crippen molar-refractivity contribution in [3.63, 3.8) is 0 Å². The Bertz CT molecular complexity index is 373. The van der Waals surface area contributed by atoms with Gasteiger partial charge in [0, 0.05) is 12.1 Å². The second-order valence-corrected chi connectivity index (χ2v) is 3.35. The molecular weight excluding hydrogens is 220 g/mol. The van der Waals surface area contributed by atoms with Crippen LogP contribution in [0.1, 0.15) is 17.3 Å². The molecule has 0 saturated carbocycles. The molecule has 1 heterocycles. The molecule has 15 heavy (non-hydrogen) atoms. The Morgan fingerprint density at radius 1 is 1.60 bits per heavy atom. The van der Waals surface area contributed by atoms with Crippen molar-refractivity contribution in [3.05, 3.63) is 16.5 Å². The fourth-order valence-corrected chi connectivity index (χ4v) is 1.58. The largest absolute Gasteiger partial charge is 0.481 e. The van der Waals surface area contributed by atoms with E-state index in [1.807, 2.05) is 0 Å². The molecule has 0 bridgehead atoms. The summed E-state index contributed by atoms with van der Waals surface area (Å²) in [5.74, 6) is -1.62. The number of carbonyl (C=O) groups is 1. The van der Waals surface area contributed by atoms with Crippen molar-refractivity contribution in [3.8, 4) is 0 Å². The highest BCUT2D eigenvalue weighted by molar-refractivity contribution is 6.30. The molecule has 0 radical (unpaired) electrons. The van der Waals surface area contributed by atoms with Crippen molar-refractivity contribution < 1.29 is 9.90 Å². The highest BCUT2D eigenvalue weighted by Crippen LogP contribution is 2.27. The highest BCUT2D eigenvalue weighted by Gasteiger charge is 2.25. The lowest BCUT2D eigenvalue weighted by atomic mass is 10.0. The van der Waals surface area contributed by atoms with E-state index in [0.29, 0.717) is 5.82 Å². The first-order chi connectivity index (χ1) is 6.97. The number of nitrogens with zero attached hydrogens (tertiary/aromatic N) is 2. The van der Waals surface area contributed by atoms with Crippen LogP contribution in [-0.2, 0) is 4.79 Å². The minimum absolute atomic E-state index is 0.0397. The Kier molecular flexibility index (Phi) is 3.43. The molecule has 1 aromatic heterocycles. The zero-order valence-corrected chi connectivity index (χ0v) is 8.82. The van der Waals surface area contributed by atoms with Crippen LogP contribution in [0.3, 0.4) is 0 Å². The van der Waals surface area contributed by atoms with Crippen molar-refractivity contribution in [1.82, 2.24) is 9.97 Å². The Labute approximate surface area is 91.3 Å². The Hall–Kier alpha value is -1.40. The summed E-state index contributed by atoms with van der Waals surface area (Å²) in [6.07, 6.45) is 0. The van der Waals surface area contributed by atoms with Gasteiger partial charge in [-0.05, 0) is 6.92 Å². The van der Waals surface area contributed by atoms with Gasteiger partial charge in [0.25, 0.3) is 0 Å². The number of carboxylic acid groups (broad SMARTS) is 1. The number of hydrogen-bond acceptors (Lipinski definition) is 5. The molecule has 0 amide bonds. The summed E-state index contributed by atoms with van der Waals surface area (Å²) in [6, 6.07) is 0. The molecule has 1 aromatic rings. The van der Waals surface area contributed by atoms with Crippen LogP contribution < -0.4 is 11.5 Å². The van der Waals surface area contributed by atoms with Gasteiger partial charge in [0.2, 0.25) is 0 Å². The molecular formula is C8H11ClN4O2. The summed E-state index contributed by atoms with van der Waals surface area (Å²) >= 11 is 5.80. The molecule has 0 aromatic carbocycles. The molecule has 0 fully saturated rings. The number of carboxylic acids is 1. The molecule has 0 aliphatic heterocycles. The first-order valence-corrected chi connectivity index (χ1v) is 4.57. The van der Waals surface area contributed by atoms with Crippen molar-refractivity contribution in [2.75, 3.05) is 12.3 Å². The number of hydrogen-bond donors (Lipinski definition) is 3. The zero-order valence-electron chi connectivity index (χ0n) is 8.07. The van der Waals surface area contributed by atoms with Crippen LogP contribution in [0.15, 0.2) is 0 Å². The van der Waals surface area contributed by atoms with E-state index in [9.17, 15) is 4.79 Å². The molecule has 0 saturated heterocycles. The summed E-state index contributed by atoms with van der Waals surface area (Å²) < 4.78 is 0. The summed E-state index contributed by atoms with van der Waals surface area (Å²) in [6.45, 7) is 1.51. The van der Waals surface area contributed by atoms with Gasteiger partial charge < -0.3 is 16.6 Å². The minimum Gasteiger partial charge on any atom is -0.481 e. The van der Waals surface area contributed by atoms with Gasteiger partial charge in [-0.3, -0.25) is 4.79 Å². The molecule has 7 heteroatoms. The van der Waals surface area contributed by atoms with E-state index >= 15 is 0 Å². The number of nitrogen functional groups attached to an aromatic ring is 1. The summed E-state index contributed by atoms with van der Waals surface area (Å²) in [5.41, 5.74) is 11.1. The molecule has 0 aliphatic rings. The SMILES string of the molecule is Cc1nc(N)c(C(CN)C(=O)O)c(Cl)n1. The maximum Gasteiger partial charge on any atom is 0.312 e. The molecule has 1 unspecified atom stereocenters. The average Bonchev–Trinajstić information content (AvgIpc) is 2.09. The third kappa shape index (κ3) is 2.34. The van der Waals surface area contributed by atoms with Gasteiger partial charge in [-0.15, -0.1) is 0 Å². The smallest absolute Gasteiger partial charge is 0.312 e. The number of rotatable bonds is 3. The second-order valence-electron chi connectivity index (χ2n) is 2.99. The van der Waals surface area contributed by atoms with Gasteiger partial charge in [0.15, 0.2) is 0 Å². The maximum atomic E-state index is 10.9. The standard InChI is InChI=1S/C8H11ClN4O2/c1-3-12-6(9)5(7(11)13-3)4(2-10)8(14)15/h4H,2,10H2,1H3,(H,14,15)(H2,11,12,13). The van der Waals surface area contributed by atoms with Crippen molar-refractivity contribution in [1.29, 1.82) is 0 Å². The fraction of sp³-hybridized carbons (Fsp3) is 0.375. The average molecular weight is 231 g/mol. The van der Waals surface area contributed by atoms with Gasteiger partial charge in [-0.2, -0.15) is 0 Å². The molecule has 82 valence electrons. The van der Waals surface area contributed by atoms with Crippen LogP contribution in [0.25, 0.3) is 0 Å². The number of nitrogens with two attached hydrogens (primary N) is 2. The van der Waals surface area contributed by atoms with Gasteiger partial charge in [0.1, 0.15) is 22.7 Å². The predicted octanol–water partition coefficient (Wildman–Crippen LogP) is 0.148. The van der Waals surface area contributed by atoms with Crippen LogP contribution in [0.2, 0.25) is 5.15 Å². The van der Waals surface area contributed by atoms with E-state index in [-0.39, 0.29) is 23.1 Å². The number of aliphatic carboxylic acids is 1. The lowest BCUT2D eigenvalue weighted by Crippen LogP contribution is -2.23. The van der Waals surface area contributed by atoms with E-state index in [1.165, 1.54) is 0 Å². The lowest BCUT2D eigenvalue weighted by molar-refractivity contribution is -0.138. The lowest BCUT2D eigenvalue weighted by Gasteiger charge is -2.13. The first-order valence-electron chi connectivity index (χ1n) is 4.19. The summed E-state index contributed by atoms with van der Waals surface area (Å²) in [7, 11) is 0. The Balaban J connectivity index is 3.29. The second kappa shape index (κ2) is 4.41. The zero-order chi connectivity index (χ0) is 11.6. The Morgan fingerprint density at radius 3 is 2.60 bits per heavy atom. The third-order valence-electron chi connectivity index (χ3n) is 1.92. The van der Waals surface area contributed by atoms with E-state index in [0.717, 1.165) is 0 Å². The fourth-order valence-electron chi connectivity index (χ4n) is 1.23. The summed E-state index contributed by atoms with van der Waals surface area (Å²) in [4.78, 5) is 18.6. The Morgan fingerprint density at radius 2 is 2.20 bits per heavy atom. The van der Waals surface area contributed by atoms with Crippen LogP contribution in [-0.4, -0.2) is 27.6 Å². The van der Waals surface area contributed by atoms with Gasteiger partial charge >= 0.3 is 5.97 Å². The van der Waals surface area contributed by atoms with Gasteiger partial charge in [-0.25, -0.2) is 9.97 Å². The first kappa shape index (κ1) is 11.7. The molecule has 0 aliphatic carbocycles. The van der Waals surface area contributed by atoms with Gasteiger partial charge in [-0.1, -0.05) is 11.6 Å². The molecule has 1 rings (SSSR count). The molecule has 5 N–H and O–H groups in total. The van der Waals surface area contributed by atoms with Crippen molar-refractivity contribution in [2.45, 2.75) is 12.8 Å². The quantitative estimate of drug-likeness (QED) is 0.637. The monoisotopic (exact) mass is 230 g/mol. The van der Waals surface area contributed by atoms with E-state index in [1.54, 1.807) is 6.92 Å². The van der Waals surface area contributed by atoms with E-state index < -0.39 is 11.9 Å². The number of aryl methyl sites for hydroxylation is 1. The van der Waals surface area contributed by atoms with Gasteiger partial charge in [0.05, 0.1) is 0 Å². The van der Waals surface area contributed by atoms with Crippen LogP contribution in [0.5, 0.6) is 0 Å². The summed E-state index contributed by atoms with van der Waals surface area (Å²) in [5, 5.41) is 8.93. The van der Waals surface area contributed by atoms with Crippen molar-refractivity contribution >= 4 is 23.4 Å². The van der Waals surface area contributed by atoms with Crippen LogP contribution >= 0.6 is 11.6 Å². The van der Waals surface area contributed by atoms with Crippen molar-refractivity contribution in [2.24, 2.45) is 5.73 Å². The third-order valence-corrected chi connectivity index (χ3v) is 2.21. The molecule has 0 spiro atoms. The number of halogens is 1. The highest BCUT2D eigenvalue weighted by atomic mass is 35.5. The predicted molar refractivity (Wildman–Crippen MR) is 55.6 cm³/mol. The van der Waals surface area contributed by atoms with E-state index in [4.69, 9.17) is 28.2 Å². The normalized spacial score (nSPS) is 12.5. The van der Waals surface area contributed by atoms with E-state index in [2.05, 4.69) is 9.97 Å².